The van der Waals surface area contributed by atoms with Crippen LogP contribution in [-0.4, -0.2) is 6.21 Å². The minimum absolute atomic E-state index is 0.541. The van der Waals surface area contributed by atoms with E-state index >= 15 is 0 Å². The van der Waals surface area contributed by atoms with Gasteiger partial charge in [0.25, 0.3) is 0 Å². The van der Waals surface area contributed by atoms with Crippen LogP contribution in [0.4, 0.5) is 5.69 Å². The monoisotopic (exact) mass is 414 g/mol. The van der Waals surface area contributed by atoms with Crippen molar-refractivity contribution < 1.29 is 4.74 Å². The molecule has 25 heavy (non-hydrogen) atoms. The summed E-state index contributed by atoms with van der Waals surface area (Å²) in [5, 5.41) is 4.91. The average molecular weight is 416 g/mol. The number of hydrazone groups is 1. The van der Waals surface area contributed by atoms with Gasteiger partial charge in [0.1, 0.15) is 12.4 Å². The van der Waals surface area contributed by atoms with E-state index < -0.39 is 0 Å². The molecule has 3 rings (SSSR count). The lowest BCUT2D eigenvalue weighted by atomic mass is 10.2. The van der Waals surface area contributed by atoms with E-state index in [1.807, 2.05) is 72.8 Å². The minimum Gasteiger partial charge on any atom is -0.489 e. The molecule has 0 radical (unpaired) electrons. The summed E-state index contributed by atoms with van der Waals surface area (Å²) in [5.41, 5.74) is 5.96. The molecule has 0 bridgehead atoms. The van der Waals surface area contributed by atoms with E-state index in [-0.39, 0.29) is 0 Å². The van der Waals surface area contributed by atoms with Crippen LogP contribution in [0.15, 0.2) is 82.4 Å². The molecule has 126 valence electrons. The maximum absolute atomic E-state index is 5.85. The first-order valence-corrected chi connectivity index (χ1v) is 8.88. The predicted molar refractivity (Wildman–Crippen MR) is 108 cm³/mol. The molecular weight excluding hydrogens is 400 g/mol. The van der Waals surface area contributed by atoms with Crippen molar-refractivity contribution in [2.75, 3.05) is 5.43 Å². The molecule has 0 amide bonds. The topological polar surface area (TPSA) is 33.6 Å². The summed E-state index contributed by atoms with van der Waals surface area (Å²) in [6.07, 6.45) is 1.76. The maximum atomic E-state index is 5.85. The number of benzene rings is 3. The van der Waals surface area contributed by atoms with Crippen LogP contribution in [-0.2, 0) is 6.61 Å². The zero-order valence-electron chi connectivity index (χ0n) is 13.3. The Hall–Kier alpha value is -2.30. The molecule has 0 atom stereocenters. The van der Waals surface area contributed by atoms with Gasteiger partial charge in [0.15, 0.2) is 0 Å². The smallest absolute Gasteiger partial charge is 0.119 e. The van der Waals surface area contributed by atoms with E-state index in [9.17, 15) is 0 Å². The normalized spacial score (nSPS) is 10.8. The third kappa shape index (κ3) is 5.62. The van der Waals surface area contributed by atoms with Crippen molar-refractivity contribution >= 4 is 39.4 Å². The van der Waals surface area contributed by atoms with Gasteiger partial charge in [0.05, 0.1) is 11.9 Å². The molecule has 0 aromatic heterocycles. The number of rotatable bonds is 6. The van der Waals surface area contributed by atoms with Crippen molar-refractivity contribution in [3.05, 3.63) is 93.4 Å². The number of nitrogens with zero attached hydrogens (tertiary/aromatic N) is 1. The van der Waals surface area contributed by atoms with E-state index in [4.69, 9.17) is 16.3 Å². The third-order valence-corrected chi connectivity index (χ3v) is 4.23. The summed E-state index contributed by atoms with van der Waals surface area (Å²) in [6, 6.07) is 23.3. The van der Waals surface area contributed by atoms with Crippen LogP contribution in [0, 0.1) is 0 Å². The molecule has 0 spiro atoms. The average Bonchev–Trinajstić information content (AvgIpc) is 2.64. The van der Waals surface area contributed by atoms with Crippen molar-refractivity contribution in [3.63, 3.8) is 0 Å². The molecule has 3 aromatic rings. The molecule has 1 N–H and O–H groups in total. The molecule has 0 aliphatic carbocycles. The highest BCUT2D eigenvalue weighted by Gasteiger charge is 1.97. The third-order valence-electron chi connectivity index (χ3n) is 3.45. The lowest BCUT2D eigenvalue weighted by Crippen LogP contribution is -1.95. The van der Waals surface area contributed by atoms with Gasteiger partial charge in [-0.05, 0) is 71.8 Å². The fourth-order valence-corrected chi connectivity index (χ4v) is 2.49. The number of nitrogens with one attached hydrogen (secondary N) is 1. The Morgan fingerprint density at radius 1 is 0.920 bits per heavy atom. The van der Waals surface area contributed by atoms with Gasteiger partial charge in [-0.2, -0.15) is 5.10 Å². The highest BCUT2D eigenvalue weighted by molar-refractivity contribution is 9.10. The Balaban J connectivity index is 1.52. The molecule has 0 aliphatic rings. The largest absolute Gasteiger partial charge is 0.489 e. The molecule has 0 aliphatic heterocycles. The molecule has 3 aromatic carbocycles. The zero-order valence-corrected chi connectivity index (χ0v) is 15.7. The van der Waals surface area contributed by atoms with Gasteiger partial charge >= 0.3 is 0 Å². The van der Waals surface area contributed by atoms with E-state index in [2.05, 4.69) is 26.5 Å². The summed E-state index contributed by atoms with van der Waals surface area (Å²) >= 11 is 9.27. The van der Waals surface area contributed by atoms with E-state index in [0.29, 0.717) is 11.6 Å². The van der Waals surface area contributed by atoms with Gasteiger partial charge in [-0.15, -0.1) is 0 Å². The minimum atomic E-state index is 0.541. The van der Waals surface area contributed by atoms with Crippen LogP contribution >= 0.6 is 27.5 Å². The quantitative estimate of drug-likeness (QED) is 0.388. The summed E-state index contributed by atoms with van der Waals surface area (Å²) < 4.78 is 6.85. The van der Waals surface area contributed by atoms with Gasteiger partial charge in [0.2, 0.25) is 0 Å². The Kier molecular flexibility index (Phi) is 6.09. The number of ether oxygens (including phenoxy) is 1. The molecule has 0 fully saturated rings. The first kappa shape index (κ1) is 17.5. The van der Waals surface area contributed by atoms with E-state index in [1.165, 1.54) is 0 Å². The Labute approximate surface area is 160 Å². The van der Waals surface area contributed by atoms with Crippen molar-refractivity contribution in [2.45, 2.75) is 6.61 Å². The second-order valence-corrected chi connectivity index (χ2v) is 6.71. The lowest BCUT2D eigenvalue weighted by molar-refractivity contribution is 0.306. The number of halogens is 2. The lowest BCUT2D eigenvalue weighted by Gasteiger charge is -2.06. The van der Waals surface area contributed by atoms with Gasteiger partial charge in [0, 0.05) is 9.50 Å². The summed E-state index contributed by atoms with van der Waals surface area (Å²) in [6.45, 7) is 0.541. The molecule has 0 saturated carbocycles. The number of anilines is 1. The Morgan fingerprint density at radius 2 is 1.60 bits per heavy atom. The molecule has 0 heterocycles. The van der Waals surface area contributed by atoms with Crippen molar-refractivity contribution in [1.29, 1.82) is 0 Å². The van der Waals surface area contributed by atoms with E-state index in [1.54, 1.807) is 6.21 Å². The molecule has 0 unspecified atom stereocenters. The van der Waals surface area contributed by atoms with E-state index in [0.717, 1.165) is 27.0 Å². The first-order chi connectivity index (χ1) is 12.2. The van der Waals surface area contributed by atoms with Crippen molar-refractivity contribution in [1.82, 2.24) is 0 Å². The number of hydrogen-bond donors (Lipinski definition) is 1. The Morgan fingerprint density at radius 3 is 2.28 bits per heavy atom. The summed E-state index contributed by atoms with van der Waals surface area (Å²) in [5.74, 6) is 0.825. The summed E-state index contributed by atoms with van der Waals surface area (Å²) in [7, 11) is 0. The molecule has 5 heteroatoms. The van der Waals surface area contributed by atoms with Gasteiger partial charge in [-0.25, -0.2) is 0 Å². The second-order valence-electron chi connectivity index (χ2n) is 5.36. The molecular formula is C20H16BrClN2O. The van der Waals surface area contributed by atoms with Gasteiger partial charge < -0.3 is 4.74 Å². The fourth-order valence-electron chi connectivity index (χ4n) is 2.10. The van der Waals surface area contributed by atoms with Crippen LogP contribution < -0.4 is 10.2 Å². The van der Waals surface area contributed by atoms with Gasteiger partial charge in [-0.1, -0.05) is 39.7 Å². The maximum Gasteiger partial charge on any atom is 0.119 e. The Bertz CT molecular complexity index is 831. The van der Waals surface area contributed by atoms with Crippen LogP contribution in [0.5, 0.6) is 5.75 Å². The van der Waals surface area contributed by atoms with Crippen molar-refractivity contribution in [3.8, 4) is 5.75 Å². The SMILES string of the molecule is Clc1ccc(NN=Cc2ccc(OCc3ccc(Br)cc3)cc2)cc1. The van der Waals surface area contributed by atoms with Crippen LogP contribution in [0.2, 0.25) is 5.02 Å². The standard InChI is InChI=1S/C20H16BrClN2O/c21-17-5-1-16(2-6-17)14-25-20-11-3-15(4-12-20)13-23-24-19-9-7-18(22)8-10-19/h1-13,24H,14H2. The highest BCUT2D eigenvalue weighted by atomic mass is 79.9. The summed E-state index contributed by atoms with van der Waals surface area (Å²) in [4.78, 5) is 0. The van der Waals surface area contributed by atoms with Crippen molar-refractivity contribution in [2.24, 2.45) is 5.10 Å². The fraction of sp³-hybridized carbons (Fsp3) is 0.0500. The van der Waals surface area contributed by atoms with Gasteiger partial charge in [-0.3, -0.25) is 5.43 Å². The van der Waals surface area contributed by atoms with Crippen LogP contribution in [0.3, 0.4) is 0 Å². The number of hydrogen-bond acceptors (Lipinski definition) is 3. The predicted octanol–water partition coefficient (Wildman–Crippen LogP) is 6.13. The first-order valence-electron chi connectivity index (χ1n) is 7.71. The molecule has 3 nitrogen and oxygen atoms in total. The van der Waals surface area contributed by atoms with Crippen LogP contribution in [0.1, 0.15) is 11.1 Å². The molecule has 0 saturated heterocycles. The second kappa shape index (κ2) is 8.70. The zero-order chi connectivity index (χ0) is 17.5. The van der Waals surface area contributed by atoms with Crippen LogP contribution in [0.25, 0.3) is 0 Å². The highest BCUT2D eigenvalue weighted by Crippen LogP contribution is 2.16.